The first kappa shape index (κ1) is 23.2. The van der Waals surface area contributed by atoms with Crippen molar-refractivity contribution in [2.45, 2.75) is 30.6 Å². The molecule has 3 aliphatic carbocycles. The van der Waals surface area contributed by atoms with Crippen LogP contribution in [0, 0.1) is 11.8 Å². The topological polar surface area (TPSA) is 182 Å². The molecule has 10 nitrogen and oxygen atoms in total. The minimum absolute atomic E-state index is 0.151. The molecule has 1 aromatic carbocycles. The Balaban J connectivity index is 2.08. The molecule has 0 spiro atoms. The van der Waals surface area contributed by atoms with Gasteiger partial charge in [0.25, 0.3) is 5.91 Å². The summed E-state index contributed by atoms with van der Waals surface area (Å²) < 4.78 is 0. The second kappa shape index (κ2) is 7.29. The van der Waals surface area contributed by atoms with Gasteiger partial charge >= 0.3 is 0 Å². The number of halogens is 1. The second-order valence-electron chi connectivity index (χ2n) is 8.91. The monoisotopic (exact) mass is 478 g/mol. The highest BCUT2D eigenvalue weighted by atomic mass is 35.5. The average molecular weight is 479 g/mol. The molecule has 6 atom stereocenters. The van der Waals surface area contributed by atoms with Crippen LogP contribution in [0.15, 0.2) is 34.8 Å². The Kier molecular flexibility index (Phi) is 5.14. The third-order valence-electron chi connectivity index (χ3n) is 7.06. The first-order chi connectivity index (χ1) is 15.3. The second-order valence-corrected chi connectivity index (χ2v) is 9.31. The number of carbonyl (C=O) groups is 3. The summed E-state index contributed by atoms with van der Waals surface area (Å²) in [6.07, 6.45) is -1.65. The number of carbonyl (C=O) groups excluding carboxylic acids is 3. The minimum Gasteiger partial charge on any atom is -0.510 e. The lowest BCUT2D eigenvalue weighted by Gasteiger charge is -2.53. The highest BCUT2D eigenvalue weighted by Crippen LogP contribution is 2.56. The van der Waals surface area contributed by atoms with Crippen molar-refractivity contribution in [2.24, 2.45) is 17.6 Å². The van der Waals surface area contributed by atoms with Crippen molar-refractivity contribution in [2.75, 3.05) is 14.1 Å². The smallest absolute Gasteiger partial charge is 0.255 e. The molecular formula is C22H23ClN2O8. The van der Waals surface area contributed by atoms with Gasteiger partial charge in [0.1, 0.15) is 22.8 Å². The van der Waals surface area contributed by atoms with Gasteiger partial charge in [0.2, 0.25) is 5.78 Å². The number of benzene rings is 1. The van der Waals surface area contributed by atoms with Crippen LogP contribution in [0.2, 0.25) is 5.02 Å². The van der Waals surface area contributed by atoms with E-state index in [2.05, 4.69) is 0 Å². The molecule has 1 aromatic rings. The van der Waals surface area contributed by atoms with Gasteiger partial charge in [-0.2, -0.15) is 0 Å². The number of aliphatic hydroxyl groups is 4. The highest BCUT2D eigenvalue weighted by Gasteiger charge is 2.67. The van der Waals surface area contributed by atoms with Crippen LogP contribution in [0.3, 0.4) is 0 Å². The van der Waals surface area contributed by atoms with Crippen molar-refractivity contribution in [1.29, 1.82) is 0 Å². The Hall–Kier alpha value is -2.92. The summed E-state index contributed by atoms with van der Waals surface area (Å²) in [7, 11) is 2.94. The summed E-state index contributed by atoms with van der Waals surface area (Å²) in [6, 6.07) is 1.28. The van der Waals surface area contributed by atoms with E-state index in [1.165, 1.54) is 31.1 Å². The molecule has 0 heterocycles. The largest absolute Gasteiger partial charge is 0.510 e. The summed E-state index contributed by atoms with van der Waals surface area (Å²) in [5.74, 6) is -9.40. The van der Waals surface area contributed by atoms with E-state index in [1.54, 1.807) is 6.92 Å². The van der Waals surface area contributed by atoms with Crippen LogP contribution < -0.4 is 5.73 Å². The maximum Gasteiger partial charge on any atom is 0.255 e. The number of hydrogen-bond acceptors (Lipinski definition) is 9. The van der Waals surface area contributed by atoms with Crippen molar-refractivity contribution in [3.8, 4) is 5.75 Å². The van der Waals surface area contributed by atoms with Gasteiger partial charge < -0.3 is 31.3 Å². The fourth-order valence-corrected chi connectivity index (χ4v) is 5.98. The van der Waals surface area contributed by atoms with Crippen LogP contribution in [-0.2, 0) is 9.59 Å². The summed E-state index contributed by atoms with van der Waals surface area (Å²) in [4.78, 5) is 39.9. The third kappa shape index (κ3) is 2.75. The molecule has 4 rings (SSSR count). The van der Waals surface area contributed by atoms with E-state index in [0.717, 1.165) is 0 Å². The van der Waals surface area contributed by atoms with E-state index < -0.39 is 81.4 Å². The molecular weight excluding hydrogens is 456 g/mol. The standard InChI is InChI=1S/C22H23ClN2O8/c1-6-9-7(23)4-5-8(26)11(9)16(27)12-10(6)17(28)14-15(25(2)3)18(29)13(21(24)32)20(31)22(14,33)19(12)30/h4-6,10,14-15,17,26,28-30,33H,1-3H3,(H2,24,32)/t6-,10+,14+,15-,17-,22-/m1/s1. The third-order valence-corrected chi connectivity index (χ3v) is 7.39. The van der Waals surface area contributed by atoms with Gasteiger partial charge in [0, 0.05) is 16.5 Å². The minimum atomic E-state index is -2.93. The van der Waals surface area contributed by atoms with Crippen LogP contribution in [0.1, 0.15) is 28.8 Å². The molecule has 176 valence electrons. The van der Waals surface area contributed by atoms with Crippen LogP contribution in [0.25, 0.3) is 0 Å². The van der Waals surface area contributed by atoms with Gasteiger partial charge in [-0.25, -0.2) is 0 Å². The van der Waals surface area contributed by atoms with Gasteiger partial charge in [-0.1, -0.05) is 18.5 Å². The van der Waals surface area contributed by atoms with Gasteiger partial charge in [-0.05, 0) is 37.7 Å². The van der Waals surface area contributed by atoms with Crippen molar-refractivity contribution in [3.63, 3.8) is 0 Å². The summed E-state index contributed by atoms with van der Waals surface area (Å²) in [6.45, 7) is 1.61. The zero-order valence-corrected chi connectivity index (χ0v) is 18.7. The molecule has 0 fully saturated rings. The number of phenols is 1. The highest BCUT2D eigenvalue weighted by molar-refractivity contribution is 6.33. The van der Waals surface area contributed by atoms with Crippen molar-refractivity contribution in [1.82, 2.24) is 4.90 Å². The fourth-order valence-electron chi connectivity index (χ4n) is 5.65. The number of fused-ring (bicyclic) bond motifs is 3. The summed E-state index contributed by atoms with van der Waals surface area (Å²) in [5.41, 5.74) is 0.948. The van der Waals surface area contributed by atoms with Gasteiger partial charge in [-0.15, -0.1) is 0 Å². The van der Waals surface area contributed by atoms with Crippen molar-refractivity contribution in [3.05, 3.63) is 50.9 Å². The van der Waals surface area contributed by atoms with Crippen LogP contribution in [0.5, 0.6) is 5.75 Å². The van der Waals surface area contributed by atoms with E-state index in [4.69, 9.17) is 17.3 Å². The Morgan fingerprint density at radius 2 is 1.79 bits per heavy atom. The Bertz CT molecular complexity index is 1190. The Morgan fingerprint density at radius 3 is 2.33 bits per heavy atom. The van der Waals surface area contributed by atoms with Gasteiger partial charge in [0.05, 0.1) is 23.6 Å². The molecule has 7 N–H and O–H groups in total. The van der Waals surface area contributed by atoms with Crippen LogP contribution >= 0.6 is 11.6 Å². The first-order valence-corrected chi connectivity index (χ1v) is 10.5. The SMILES string of the molecule is C[C@@H]1c2c(Cl)ccc(O)c2C(=O)C2=C(O)[C@@]3(O)C(=O)C(C(N)=O)=C(O)[C@H](N(C)C)[C@H]3[C@H](O)[C@H]21. The molecule has 0 aromatic heterocycles. The number of phenolic OH excluding ortho intramolecular Hbond substituents is 1. The first-order valence-electron chi connectivity index (χ1n) is 10.1. The number of primary amides is 1. The number of ketones is 2. The van der Waals surface area contributed by atoms with Gasteiger partial charge in [-0.3, -0.25) is 19.3 Å². The number of aromatic hydroxyl groups is 1. The predicted octanol–water partition coefficient (Wildman–Crippen LogP) is 0.306. The quantitative estimate of drug-likeness (QED) is 0.326. The lowest BCUT2D eigenvalue weighted by atomic mass is 9.55. The molecule has 0 radical (unpaired) electrons. The number of rotatable bonds is 2. The number of likely N-dealkylation sites (N-methyl/N-ethyl adjacent to an activating group) is 1. The van der Waals surface area contributed by atoms with Crippen molar-refractivity contribution < 1.29 is 39.9 Å². The molecule has 1 amide bonds. The Labute approximate surface area is 193 Å². The number of Topliss-reactive ketones (excluding diaryl/α,β-unsaturated/α-hetero) is 2. The molecule has 33 heavy (non-hydrogen) atoms. The molecule has 3 aliphatic rings. The molecule has 11 heteroatoms. The van der Waals surface area contributed by atoms with E-state index in [-0.39, 0.29) is 16.1 Å². The Morgan fingerprint density at radius 1 is 1.18 bits per heavy atom. The van der Waals surface area contributed by atoms with Crippen LogP contribution in [-0.4, -0.2) is 79.7 Å². The van der Waals surface area contributed by atoms with E-state index in [9.17, 15) is 39.9 Å². The van der Waals surface area contributed by atoms with Crippen molar-refractivity contribution >= 4 is 29.1 Å². The number of nitrogens with two attached hydrogens (primary N) is 1. The van der Waals surface area contributed by atoms with E-state index in [1.807, 2.05) is 0 Å². The lowest BCUT2D eigenvalue weighted by molar-refractivity contribution is -0.162. The molecule has 0 unspecified atom stereocenters. The van der Waals surface area contributed by atoms with Gasteiger partial charge in [0.15, 0.2) is 11.4 Å². The lowest BCUT2D eigenvalue weighted by Crippen LogP contribution is -2.68. The zero-order chi connectivity index (χ0) is 24.7. The number of nitrogens with zero attached hydrogens (tertiary/aromatic N) is 1. The normalized spacial score (nSPS) is 33.7. The number of aliphatic hydroxyl groups excluding tert-OH is 3. The molecule has 0 saturated heterocycles. The molecule has 0 aliphatic heterocycles. The average Bonchev–Trinajstić information content (AvgIpc) is 2.72. The number of amides is 1. The van der Waals surface area contributed by atoms with Crippen LogP contribution in [0.4, 0.5) is 0 Å². The summed E-state index contributed by atoms with van der Waals surface area (Å²) >= 11 is 6.30. The fraction of sp³-hybridized carbons (Fsp3) is 0.409. The van der Waals surface area contributed by atoms with E-state index in [0.29, 0.717) is 0 Å². The molecule has 0 bridgehead atoms. The maximum absolute atomic E-state index is 13.4. The predicted molar refractivity (Wildman–Crippen MR) is 115 cm³/mol. The number of hydrogen-bond donors (Lipinski definition) is 6. The maximum atomic E-state index is 13.4. The van der Waals surface area contributed by atoms with E-state index >= 15 is 0 Å². The summed E-state index contributed by atoms with van der Waals surface area (Å²) in [5, 5.41) is 55.4. The zero-order valence-electron chi connectivity index (χ0n) is 17.9. The molecule has 0 saturated carbocycles.